The van der Waals surface area contributed by atoms with E-state index in [2.05, 4.69) is 26.1 Å². The van der Waals surface area contributed by atoms with E-state index in [4.69, 9.17) is 10.3 Å². The minimum Gasteiger partial charge on any atom is -0.399 e. The van der Waals surface area contributed by atoms with Crippen LogP contribution >= 0.6 is 15.9 Å². The van der Waals surface area contributed by atoms with Crippen molar-refractivity contribution in [1.82, 2.24) is 10.1 Å². The molecular weight excluding hydrogens is 318 g/mol. The molecule has 0 amide bonds. The molecule has 0 radical (unpaired) electrons. The summed E-state index contributed by atoms with van der Waals surface area (Å²) in [5.41, 5.74) is 8.37. The van der Waals surface area contributed by atoms with Gasteiger partial charge in [-0.3, -0.25) is 0 Å². The number of halogens is 1. The number of nitrogen functional groups attached to an aromatic ring is 1. The average molecular weight is 330 g/mol. The van der Waals surface area contributed by atoms with Crippen LogP contribution in [-0.4, -0.2) is 10.1 Å². The lowest BCUT2D eigenvalue weighted by atomic mass is 10.1. The fourth-order valence-corrected chi connectivity index (χ4v) is 2.12. The van der Waals surface area contributed by atoms with Gasteiger partial charge in [-0.25, -0.2) is 0 Å². The minimum atomic E-state index is 0.511. The van der Waals surface area contributed by atoms with Gasteiger partial charge in [-0.05, 0) is 42.0 Å². The van der Waals surface area contributed by atoms with Crippen LogP contribution in [0.3, 0.4) is 0 Å². The Balaban J connectivity index is 1.80. The fraction of sp³-hybridized carbons (Fsp3) is 0.0667. The first-order valence-electron chi connectivity index (χ1n) is 6.14. The minimum absolute atomic E-state index is 0.511. The average Bonchev–Trinajstić information content (AvgIpc) is 2.91. The normalized spacial score (nSPS) is 10.7. The predicted molar refractivity (Wildman–Crippen MR) is 81.1 cm³/mol. The third-order valence-corrected chi connectivity index (χ3v) is 3.43. The molecule has 0 aliphatic heterocycles. The Labute approximate surface area is 124 Å². The zero-order chi connectivity index (χ0) is 13.9. The number of hydrogen-bond donors (Lipinski definition) is 1. The SMILES string of the molecule is Nc1ccc(-c2nc(Cc3ccc(Br)cc3)no2)cc1. The summed E-state index contributed by atoms with van der Waals surface area (Å²) >= 11 is 3.41. The Morgan fingerprint density at radius 2 is 1.70 bits per heavy atom. The third kappa shape index (κ3) is 2.88. The van der Waals surface area contributed by atoms with Gasteiger partial charge >= 0.3 is 0 Å². The molecule has 1 aromatic heterocycles. The number of hydrogen-bond acceptors (Lipinski definition) is 4. The molecule has 0 fully saturated rings. The summed E-state index contributed by atoms with van der Waals surface area (Å²) in [7, 11) is 0. The smallest absolute Gasteiger partial charge is 0.257 e. The molecule has 0 aliphatic carbocycles. The number of anilines is 1. The number of aromatic nitrogens is 2. The quantitative estimate of drug-likeness (QED) is 0.744. The molecule has 0 spiro atoms. The molecule has 0 saturated heterocycles. The number of rotatable bonds is 3. The summed E-state index contributed by atoms with van der Waals surface area (Å²) in [4.78, 5) is 4.40. The van der Waals surface area contributed by atoms with E-state index in [1.54, 1.807) is 0 Å². The summed E-state index contributed by atoms with van der Waals surface area (Å²) in [6.45, 7) is 0. The van der Waals surface area contributed by atoms with Crippen LogP contribution in [0.5, 0.6) is 0 Å². The van der Waals surface area contributed by atoms with Crippen molar-refractivity contribution in [2.45, 2.75) is 6.42 Å². The zero-order valence-corrected chi connectivity index (χ0v) is 12.2. The standard InChI is InChI=1S/C15H12BrN3O/c16-12-5-1-10(2-6-12)9-14-18-15(20-19-14)11-3-7-13(17)8-4-11/h1-8H,9,17H2. The van der Waals surface area contributed by atoms with Gasteiger partial charge in [-0.2, -0.15) is 4.98 Å². The van der Waals surface area contributed by atoms with Gasteiger partial charge in [-0.15, -0.1) is 0 Å². The summed E-state index contributed by atoms with van der Waals surface area (Å²) in [6, 6.07) is 15.4. The van der Waals surface area contributed by atoms with Gasteiger partial charge in [0.1, 0.15) is 0 Å². The summed E-state index contributed by atoms with van der Waals surface area (Å²) in [5.74, 6) is 1.18. The van der Waals surface area contributed by atoms with Gasteiger partial charge < -0.3 is 10.3 Å². The lowest BCUT2D eigenvalue weighted by molar-refractivity contribution is 0.424. The highest BCUT2D eigenvalue weighted by Gasteiger charge is 2.09. The van der Waals surface area contributed by atoms with E-state index in [0.29, 0.717) is 23.8 Å². The highest BCUT2D eigenvalue weighted by Crippen LogP contribution is 2.19. The summed E-state index contributed by atoms with van der Waals surface area (Å²) in [5, 5.41) is 4.00. The van der Waals surface area contributed by atoms with E-state index in [0.717, 1.165) is 15.6 Å². The van der Waals surface area contributed by atoms with Crippen LogP contribution in [0.1, 0.15) is 11.4 Å². The van der Waals surface area contributed by atoms with Crippen LogP contribution in [0.2, 0.25) is 0 Å². The van der Waals surface area contributed by atoms with E-state index in [1.165, 1.54) is 0 Å². The monoisotopic (exact) mass is 329 g/mol. The van der Waals surface area contributed by atoms with Crippen LogP contribution in [0.15, 0.2) is 57.5 Å². The molecule has 0 atom stereocenters. The second kappa shape index (κ2) is 5.46. The van der Waals surface area contributed by atoms with Crippen molar-refractivity contribution < 1.29 is 4.52 Å². The Hall–Kier alpha value is -2.14. The fourth-order valence-electron chi connectivity index (χ4n) is 1.85. The van der Waals surface area contributed by atoms with Crippen LogP contribution in [-0.2, 0) is 6.42 Å². The molecule has 100 valence electrons. The lowest BCUT2D eigenvalue weighted by Gasteiger charge is -1.96. The maximum Gasteiger partial charge on any atom is 0.257 e. The molecule has 5 heteroatoms. The summed E-state index contributed by atoms with van der Waals surface area (Å²) in [6.07, 6.45) is 0.645. The van der Waals surface area contributed by atoms with Crippen LogP contribution in [0.25, 0.3) is 11.5 Å². The van der Waals surface area contributed by atoms with Gasteiger partial charge in [-0.1, -0.05) is 33.2 Å². The molecule has 0 unspecified atom stereocenters. The highest BCUT2D eigenvalue weighted by molar-refractivity contribution is 9.10. The van der Waals surface area contributed by atoms with Crippen molar-refractivity contribution in [3.8, 4) is 11.5 Å². The number of nitrogens with two attached hydrogens (primary N) is 1. The topological polar surface area (TPSA) is 64.9 Å². The molecule has 3 rings (SSSR count). The van der Waals surface area contributed by atoms with Gasteiger partial charge in [0.2, 0.25) is 0 Å². The third-order valence-electron chi connectivity index (χ3n) is 2.90. The van der Waals surface area contributed by atoms with Crippen LogP contribution in [0.4, 0.5) is 5.69 Å². The Kier molecular flexibility index (Phi) is 3.52. The molecule has 1 heterocycles. The molecule has 0 aliphatic rings. The van der Waals surface area contributed by atoms with Crippen molar-refractivity contribution in [2.24, 2.45) is 0 Å². The molecule has 2 N–H and O–H groups in total. The zero-order valence-electron chi connectivity index (χ0n) is 10.6. The Morgan fingerprint density at radius 3 is 2.40 bits per heavy atom. The van der Waals surface area contributed by atoms with E-state index in [9.17, 15) is 0 Å². The van der Waals surface area contributed by atoms with Gasteiger partial charge in [0.25, 0.3) is 5.89 Å². The number of nitrogens with zero attached hydrogens (tertiary/aromatic N) is 2. The Morgan fingerprint density at radius 1 is 1.00 bits per heavy atom. The predicted octanol–water partition coefficient (Wildman–Crippen LogP) is 3.67. The van der Waals surface area contributed by atoms with Gasteiger partial charge in [0.05, 0.1) is 0 Å². The van der Waals surface area contributed by atoms with Crippen LogP contribution in [0, 0.1) is 0 Å². The first kappa shape index (κ1) is 12.9. The molecule has 3 aromatic rings. The molecular formula is C15H12BrN3O. The number of benzene rings is 2. The van der Waals surface area contributed by atoms with E-state index >= 15 is 0 Å². The Bertz CT molecular complexity index is 705. The molecule has 20 heavy (non-hydrogen) atoms. The van der Waals surface area contributed by atoms with Crippen LogP contribution < -0.4 is 5.73 Å². The second-order valence-corrected chi connectivity index (χ2v) is 5.36. The first-order valence-corrected chi connectivity index (χ1v) is 6.93. The van der Waals surface area contributed by atoms with Crippen molar-refractivity contribution in [1.29, 1.82) is 0 Å². The highest BCUT2D eigenvalue weighted by atomic mass is 79.9. The largest absolute Gasteiger partial charge is 0.399 e. The maximum atomic E-state index is 5.65. The van der Waals surface area contributed by atoms with E-state index < -0.39 is 0 Å². The van der Waals surface area contributed by atoms with Gasteiger partial charge in [0, 0.05) is 22.1 Å². The second-order valence-electron chi connectivity index (χ2n) is 4.44. The maximum absolute atomic E-state index is 5.65. The van der Waals surface area contributed by atoms with Crippen molar-refractivity contribution in [3.63, 3.8) is 0 Å². The van der Waals surface area contributed by atoms with E-state index in [1.807, 2.05) is 48.5 Å². The molecule has 4 nitrogen and oxygen atoms in total. The van der Waals surface area contributed by atoms with Crippen molar-refractivity contribution >= 4 is 21.6 Å². The first-order chi connectivity index (χ1) is 9.70. The van der Waals surface area contributed by atoms with Gasteiger partial charge in [0.15, 0.2) is 5.82 Å². The van der Waals surface area contributed by atoms with E-state index in [-0.39, 0.29) is 0 Å². The molecule has 0 saturated carbocycles. The molecule has 2 aromatic carbocycles. The van der Waals surface area contributed by atoms with Crippen molar-refractivity contribution in [2.75, 3.05) is 5.73 Å². The summed E-state index contributed by atoms with van der Waals surface area (Å²) < 4.78 is 6.33. The lowest BCUT2D eigenvalue weighted by Crippen LogP contribution is -1.90. The molecule has 0 bridgehead atoms. The van der Waals surface area contributed by atoms with Crippen molar-refractivity contribution in [3.05, 3.63) is 64.4 Å².